The normalized spacial score (nSPS) is 10.8. The molecule has 0 radical (unpaired) electrons. The molecule has 0 heterocycles. The van der Waals surface area contributed by atoms with Gasteiger partial charge in [-0.05, 0) is 35.8 Å². The third-order valence-corrected chi connectivity index (χ3v) is 2.96. The Morgan fingerprint density at radius 1 is 1.00 bits per heavy atom. The Morgan fingerprint density at radius 2 is 1.75 bits per heavy atom. The third kappa shape index (κ3) is 3.99. The molecule has 102 valence electrons. The fraction of sp³-hybridized carbons (Fsp3) is 0.118. The number of ketones is 1. The fourth-order valence-corrected chi connectivity index (χ4v) is 1.83. The number of rotatable bonds is 5. The van der Waals surface area contributed by atoms with Gasteiger partial charge in [-0.25, -0.2) is 0 Å². The van der Waals surface area contributed by atoms with Crippen LogP contribution in [0, 0.1) is 0 Å². The molecule has 0 spiro atoms. The molecule has 2 aromatic rings. The molecule has 0 saturated heterocycles. The summed E-state index contributed by atoms with van der Waals surface area (Å²) in [6, 6.07) is 14.3. The summed E-state index contributed by atoms with van der Waals surface area (Å²) in [6.45, 7) is 0. The van der Waals surface area contributed by atoms with Crippen LogP contribution < -0.4 is 0 Å². The Hall–Kier alpha value is -2.55. The summed E-state index contributed by atoms with van der Waals surface area (Å²) in [6.07, 6.45) is 4.29. The van der Waals surface area contributed by atoms with Crippen LogP contribution in [0.5, 0.6) is 11.5 Å². The molecule has 0 fully saturated rings. The van der Waals surface area contributed by atoms with Crippen LogP contribution in [0.15, 0.2) is 54.6 Å². The van der Waals surface area contributed by atoms with E-state index in [9.17, 15) is 15.0 Å². The van der Waals surface area contributed by atoms with Gasteiger partial charge < -0.3 is 10.2 Å². The number of benzene rings is 2. The van der Waals surface area contributed by atoms with E-state index in [1.807, 2.05) is 30.3 Å². The summed E-state index contributed by atoms with van der Waals surface area (Å²) in [7, 11) is 0. The lowest BCUT2D eigenvalue weighted by atomic mass is 10.1. The van der Waals surface area contributed by atoms with E-state index >= 15 is 0 Å². The molecule has 0 amide bonds. The lowest BCUT2D eigenvalue weighted by Crippen LogP contribution is -1.95. The summed E-state index contributed by atoms with van der Waals surface area (Å²) < 4.78 is 0. The van der Waals surface area contributed by atoms with E-state index in [-0.39, 0.29) is 17.3 Å². The van der Waals surface area contributed by atoms with Crippen LogP contribution in [-0.2, 0) is 11.2 Å². The molecule has 2 rings (SSSR count). The van der Waals surface area contributed by atoms with Crippen LogP contribution in [-0.4, -0.2) is 16.0 Å². The standard InChI is InChI=1S/C17H16O3/c18-15(9-6-13-4-2-1-3-5-13)10-7-14-8-11-16(19)17(20)12-14/h1-5,7-8,10-12,19-20H,6,9H2/b10-7+. The van der Waals surface area contributed by atoms with Gasteiger partial charge in [-0.15, -0.1) is 0 Å². The number of aromatic hydroxyl groups is 2. The number of carbonyl (C=O) groups is 1. The van der Waals surface area contributed by atoms with E-state index in [1.165, 1.54) is 18.2 Å². The first-order valence-electron chi connectivity index (χ1n) is 6.42. The second kappa shape index (κ2) is 6.57. The Kier molecular flexibility index (Phi) is 4.56. The molecule has 0 atom stereocenters. The van der Waals surface area contributed by atoms with Crippen molar-refractivity contribution in [3.8, 4) is 11.5 Å². The minimum absolute atomic E-state index is 0.0291. The zero-order chi connectivity index (χ0) is 14.4. The molecule has 20 heavy (non-hydrogen) atoms. The minimum atomic E-state index is -0.191. The third-order valence-electron chi connectivity index (χ3n) is 2.96. The molecule has 0 aliphatic carbocycles. The summed E-state index contributed by atoms with van der Waals surface area (Å²) in [5.41, 5.74) is 1.81. The van der Waals surface area contributed by atoms with Crippen molar-refractivity contribution in [3.05, 3.63) is 65.7 Å². The van der Waals surface area contributed by atoms with Gasteiger partial charge in [-0.2, -0.15) is 0 Å². The molecule has 0 saturated carbocycles. The highest BCUT2D eigenvalue weighted by atomic mass is 16.3. The number of carbonyl (C=O) groups excluding carboxylic acids is 1. The van der Waals surface area contributed by atoms with Crippen LogP contribution in [0.1, 0.15) is 17.5 Å². The van der Waals surface area contributed by atoms with Gasteiger partial charge in [-0.3, -0.25) is 4.79 Å². The van der Waals surface area contributed by atoms with Crippen LogP contribution in [0.4, 0.5) is 0 Å². The number of hydrogen-bond donors (Lipinski definition) is 2. The average molecular weight is 268 g/mol. The monoisotopic (exact) mass is 268 g/mol. The van der Waals surface area contributed by atoms with Gasteiger partial charge >= 0.3 is 0 Å². The molecular weight excluding hydrogens is 252 g/mol. The Morgan fingerprint density at radius 3 is 2.45 bits per heavy atom. The van der Waals surface area contributed by atoms with Crippen molar-refractivity contribution < 1.29 is 15.0 Å². The highest BCUT2D eigenvalue weighted by molar-refractivity contribution is 5.93. The average Bonchev–Trinajstić information content (AvgIpc) is 2.47. The van der Waals surface area contributed by atoms with Crippen molar-refractivity contribution in [2.24, 2.45) is 0 Å². The van der Waals surface area contributed by atoms with Crippen LogP contribution in [0.25, 0.3) is 6.08 Å². The summed E-state index contributed by atoms with van der Waals surface area (Å²) in [5.74, 6) is -0.331. The molecule has 0 aliphatic heterocycles. The van der Waals surface area contributed by atoms with E-state index in [0.29, 0.717) is 18.4 Å². The predicted molar refractivity (Wildman–Crippen MR) is 78.6 cm³/mol. The first-order chi connectivity index (χ1) is 9.65. The van der Waals surface area contributed by atoms with Crippen molar-refractivity contribution in [1.29, 1.82) is 0 Å². The summed E-state index contributed by atoms with van der Waals surface area (Å²) in [4.78, 5) is 11.7. The molecule has 0 unspecified atom stereocenters. The van der Waals surface area contributed by atoms with Gasteiger partial charge in [0, 0.05) is 6.42 Å². The van der Waals surface area contributed by atoms with E-state index in [2.05, 4.69) is 0 Å². The first kappa shape index (κ1) is 13.9. The van der Waals surface area contributed by atoms with Crippen LogP contribution >= 0.6 is 0 Å². The van der Waals surface area contributed by atoms with Gasteiger partial charge in [0.25, 0.3) is 0 Å². The van der Waals surface area contributed by atoms with Crippen molar-refractivity contribution in [2.75, 3.05) is 0 Å². The molecular formula is C17H16O3. The van der Waals surface area contributed by atoms with Crippen molar-refractivity contribution >= 4 is 11.9 Å². The molecule has 0 aromatic heterocycles. The number of hydrogen-bond acceptors (Lipinski definition) is 3. The number of allylic oxidation sites excluding steroid dienone is 1. The zero-order valence-electron chi connectivity index (χ0n) is 11.0. The second-order valence-electron chi connectivity index (χ2n) is 4.53. The van der Waals surface area contributed by atoms with Gasteiger partial charge in [0.15, 0.2) is 17.3 Å². The number of phenols is 2. The summed E-state index contributed by atoms with van der Waals surface area (Å²) >= 11 is 0. The van der Waals surface area contributed by atoms with Crippen molar-refractivity contribution in [2.45, 2.75) is 12.8 Å². The predicted octanol–water partition coefficient (Wildman–Crippen LogP) is 3.31. The lowest BCUT2D eigenvalue weighted by molar-refractivity contribution is -0.114. The number of phenolic OH excluding ortho intramolecular Hbond substituents is 2. The van der Waals surface area contributed by atoms with E-state index < -0.39 is 0 Å². The van der Waals surface area contributed by atoms with Crippen molar-refractivity contribution in [1.82, 2.24) is 0 Å². The zero-order valence-corrected chi connectivity index (χ0v) is 11.0. The van der Waals surface area contributed by atoms with Gasteiger partial charge in [0.2, 0.25) is 0 Å². The van der Waals surface area contributed by atoms with Gasteiger partial charge in [0.05, 0.1) is 0 Å². The largest absolute Gasteiger partial charge is 0.504 e. The van der Waals surface area contributed by atoms with E-state index in [4.69, 9.17) is 0 Å². The Balaban J connectivity index is 1.90. The molecule has 2 aromatic carbocycles. The first-order valence-corrected chi connectivity index (χ1v) is 6.42. The molecule has 3 heteroatoms. The van der Waals surface area contributed by atoms with Crippen LogP contribution in [0.3, 0.4) is 0 Å². The van der Waals surface area contributed by atoms with E-state index in [1.54, 1.807) is 12.1 Å². The van der Waals surface area contributed by atoms with E-state index in [0.717, 1.165) is 5.56 Å². The Labute approximate surface area is 117 Å². The van der Waals surface area contributed by atoms with Crippen LogP contribution in [0.2, 0.25) is 0 Å². The van der Waals surface area contributed by atoms with Crippen molar-refractivity contribution in [3.63, 3.8) is 0 Å². The molecule has 3 nitrogen and oxygen atoms in total. The SMILES string of the molecule is O=C(/C=C/c1ccc(O)c(O)c1)CCc1ccccc1. The smallest absolute Gasteiger partial charge is 0.157 e. The fourth-order valence-electron chi connectivity index (χ4n) is 1.83. The summed E-state index contributed by atoms with van der Waals surface area (Å²) in [5, 5.41) is 18.5. The maximum Gasteiger partial charge on any atom is 0.157 e. The highest BCUT2D eigenvalue weighted by Gasteiger charge is 2.00. The quantitative estimate of drug-likeness (QED) is 0.646. The topological polar surface area (TPSA) is 57.5 Å². The Bertz CT molecular complexity index is 615. The lowest BCUT2D eigenvalue weighted by Gasteiger charge is -1.99. The number of aryl methyl sites for hydroxylation is 1. The molecule has 0 bridgehead atoms. The highest BCUT2D eigenvalue weighted by Crippen LogP contribution is 2.25. The van der Waals surface area contributed by atoms with Gasteiger partial charge in [-0.1, -0.05) is 42.5 Å². The van der Waals surface area contributed by atoms with Gasteiger partial charge in [0.1, 0.15) is 0 Å². The second-order valence-corrected chi connectivity index (χ2v) is 4.53. The molecule has 2 N–H and O–H groups in total. The minimum Gasteiger partial charge on any atom is -0.504 e. The molecule has 0 aliphatic rings. The maximum absolute atomic E-state index is 11.7. The maximum atomic E-state index is 11.7.